The van der Waals surface area contributed by atoms with Crippen molar-refractivity contribution in [2.75, 3.05) is 32.7 Å². The summed E-state index contributed by atoms with van der Waals surface area (Å²) < 4.78 is 5.19. The topological polar surface area (TPSA) is 56.9 Å². The molecule has 2 fully saturated rings. The molecule has 2 aromatic rings. The number of hydrogen-bond acceptors (Lipinski definition) is 4. The molecule has 2 heterocycles. The summed E-state index contributed by atoms with van der Waals surface area (Å²) in [6.07, 6.45) is 1.19. The van der Waals surface area contributed by atoms with Gasteiger partial charge in [-0.1, -0.05) is 29.4 Å². The molecule has 6 heteroatoms. The molecule has 0 bridgehead atoms. The molecule has 2 aliphatic rings. The normalized spacial score (nSPS) is 23.1. The smallest absolute Gasteiger partial charge is 0.194 e. The highest BCUT2D eigenvalue weighted by Gasteiger charge is 2.40. The van der Waals surface area contributed by atoms with Crippen LogP contribution in [0.3, 0.4) is 0 Å². The molecule has 1 saturated heterocycles. The minimum Gasteiger partial charge on any atom is -0.361 e. The number of piperazine rings is 1. The molecule has 1 aliphatic heterocycles. The predicted octanol–water partition coefficient (Wildman–Crippen LogP) is 2.93. The van der Waals surface area contributed by atoms with Crippen LogP contribution >= 0.6 is 0 Å². The maximum Gasteiger partial charge on any atom is 0.194 e. The van der Waals surface area contributed by atoms with Gasteiger partial charge in [0.05, 0.1) is 5.69 Å². The van der Waals surface area contributed by atoms with E-state index in [-0.39, 0.29) is 0 Å². The molecule has 1 aromatic carbocycles. The summed E-state index contributed by atoms with van der Waals surface area (Å²) >= 11 is 0. The summed E-state index contributed by atoms with van der Waals surface area (Å²) in [6.45, 7) is 11.9. The van der Waals surface area contributed by atoms with Crippen molar-refractivity contribution in [3.63, 3.8) is 0 Å². The van der Waals surface area contributed by atoms with Gasteiger partial charge in [0, 0.05) is 57.3 Å². The van der Waals surface area contributed by atoms with Gasteiger partial charge in [-0.15, -0.1) is 0 Å². The van der Waals surface area contributed by atoms with Gasteiger partial charge in [0.15, 0.2) is 5.96 Å². The van der Waals surface area contributed by atoms with Crippen LogP contribution in [-0.4, -0.2) is 59.7 Å². The van der Waals surface area contributed by atoms with E-state index in [4.69, 9.17) is 9.52 Å². The first-order chi connectivity index (χ1) is 13.6. The second-order valence-corrected chi connectivity index (χ2v) is 7.94. The summed E-state index contributed by atoms with van der Waals surface area (Å²) in [5.74, 6) is 2.56. The molecule has 6 nitrogen and oxygen atoms in total. The third-order valence-corrected chi connectivity index (χ3v) is 5.73. The number of aryl methyl sites for hydroxylation is 2. The number of rotatable bonds is 5. The SMILES string of the molecule is CCN=C(NC1CC1c1ccccc1C)N1CCN(Cc2cc(C)on2)CC1. The van der Waals surface area contributed by atoms with Crippen LogP contribution in [0.5, 0.6) is 0 Å². The molecule has 2 atom stereocenters. The minimum atomic E-state index is 0.502. The zero-order chi connectivity index (χ0) is 19.5. The Morgan fingerprint density at radius 2 is 2.00 bits per heavy atom. The fraction of sp³-hybridized carbons (Fsp3) is 0.545. The van der Waals surface area contributed by atoms with E-state index in [0.717, 1.165) is 56.7 Å². The fourth-order valence-corrected chi connectivity index (χ4v) is 4.09. The maximum absolute atomic E-state index is 5.19. The Hall–Kier alpha value is -2.34. The van der Waals surface area contributed by atoms with Gasteiger partial charge < -0.3 is 14.7 Å². The van der Waals surface area contributed by atoms with Crippen molar-refractivity contribution in [2.45, 2.75) is 45.7 Å². The largest absolute Gasteiger partial charge is 0.361 e. The van der Waals surface area contributed by atoms with Crippen LogP contribution in [0.15, 0.2) is 39.8 Å². The Bertz CT molecular complexity index is 822. The van der Waals surface area contributed by atoms with E-state index in [1.54, 1.807) is 0 Å². The molecule has 1 aliphatic carbocycles. The van der Waals surface area contributed by atoms with Crippen LogP contribution in [0.1, 0.15) is 41.8 Å². The number of hydrogen-bond donors (Lipinski definition) is 1. The Morgan fingerprint density at radius 3 is 2.68 bits per heavy atom. The molecule has 4 rings (SSSR count). The molecule has 150 valence electrons. The van der Waals surface area contributed by atoms with Gasteiger partial charge >= 0.3 is 0 Å². The average Bonchev–Trinajstić information content (AvgIpc) is 3.34. The lowest BCUT2D eigenvalue weighted by Crippen LogP contribution is -2.52. The summed E-state index contributed by atoms with van der Waals surface area (Å²) in [4.78, 5) is 9.62. The monoisotopic (exact) mass is 381 g/mol. The summed E-state index contributed by atoms with van der Waals surface area (Å²) in [7, 11) is 0. The lowest BCUT2D eigenvalue weighted by atomic mass is 10.0. The fourth-order valence-electron chi connectivity index (χ4n) is 4.09. The van der Waals surface area contributed by atoms with E-state index in [0.29, 0.717) is 12.0 Å². The molecule has 1 aromatic heterocycles. The Morgan fingerprint density at radius 1 is 1.21 bits per heavy atom. The molecule has 0 spiro atoms. The first-order valence-corrected chi connectivity index (χ1v) is 10.4. The lowest BCUT2D eigenvalue weighted by molar-refractivity contribution is 0.168. The number of benzene rings is 1. The number of nitrogens with zero attached hydrogens (tertiary/aromatic N) is 4. The number of guanidine groups is 1. The van der Waals surface area contributed by atoms with Gasteiger partial charge in [-0.25, -0.2) is 0 Å². The zero-order valence-corrected chi connectivity index (χ0v) is 17.2. The standard InChI is InChI=1S/C22H31N5O/c1-4-23-22(24-21-14-20(21)19-8-6-5-7-16(19)2)27-11-9-26(10-12-27)15-18-13-17(3)28-25-18/h5-8,13,20-21H,4,9-12,14-15H2,1-3H3,(H,23,24). The third kappa shape index (κ3) is 4.38. The van der Waals surface area contributed by atoms with Crippen molar-refractivity contribution < 1.29 is 4.52 Å². The maximum atomic E-state index is 5.19. The van der Waals surface area contributed by atoms with E-state index in [9.17, 15) is 0 Å². The van der Waals surface area contributed by atoms with Crippen molar-refractivity contribution in [2.24, 2.45) is 4.99 Å². The molecular formula is C22H31N5O. The molecule has 28 heavy (non-hydrogen) atoms. The second kappa shape index (κ2) is 8.35. The van der Waals surface area contributed by atoms with Gasteiger partial charge in [-0.3, -0.25) is 9.89 Å². The summed E-state index contributed by atoms with van der Waals surface area (Å²) in [5.41, 5.74) is 3.89. The van der Waals surface area contributed by atoms with Crippen molar-refractivity contribution >= 4 is 5.96 Å². The Balaban J connectivity index is 1.31. The first-order valence-electron chi connectivity index (χ1n) is 10.4. The van der Waals surface area contributed by atoms with Crippen molar-refractivity contribution in [1.82, 2.24) is 20.3 Å². The number of aromatic nitrogens is 1. The molecule has 1 saturated carbocycles. The highest BCUT2D eigenvalue weighted by atomic mass is 16.5. The van der Waals surface area contributed by atoms with Gasteiger partial charge in [0.25, 0.3) is 0 Å². The molecule has 2 unspecified atom stereocenters. The summed E-state index contributed by atoms with van der Waals surface area (Å²) in [5, 5.41) is 7.85. The van der Waals surface area contributed by atoms with Crippen LogP contribution in [-0.2, 0) is 6.54 Å². The Labute approximate surface area is 167 Å². The zero-order valence-electron chi connectivity index (χ0n) is 17.2. The Kier molecular flexibility index (Phi) is 5.67. The molecular weight excluding hydrogens is 350 g/mol. The molecule has 0 amide bonds. The van der Waals surface area contributed by atoms with Gasteiger partial charge in [-0.2, -0.15) is 0 Å². The van der Waals surface area contributed by atoms with Gasteiger partial charge in [-0.05, 0) is 38.3 Å². The van der Waals surface area contributed by atoms with Crippen molar-refractivity contribution in [3.05, 3.63) is 52.9 Å². The van der Waals surface area contributed by atoms with E-state index in [2.05, 4.69) is 58.4 Å². The number of aliphatic imine (C=N–C) groups is 1. The first kappa shape index (κ1) is 19.0. The number of nitrogens with one attached hydrogen (secondary N) is 1. The van der Waals surface area contributed by atoms with E-state index in [1.807, 2.05) is 13.0 Å². The van der Waals surface area contributed by atoms with Crippen LogP contribution in [0.4, 0.5) is 0 Å². The van der Waals surface area contributed by atoms with Crippen LogP contribution in [0.2, 0.25) is 0 Å². The van der Waals surface area contributed by atoms with Crippen LogP contribution in [0, 0.1) is 13.8 Å². The predicted molar refractivity (Wildman–Crippen MR) is 112 cm³/mol. The second-order valence-electron chi connectivity index (χ2n) is 7.94. The highest BCUT2D eigenvalue weighted by Crippen LogP contribution is 2.42. The third-order valence-electron chi connectivity index (χ3n) is 5.73. The lowest BCUT2D eigenvalue weighted by Gasteiger charge is -2.36. The minimum absolute atomic E-state index is 0.502. The summed E-state index contributed by atoms with van der Waals surface area (Å²) in [6, 6.07) is 11.3. The van der Waals surface area contributed by atoms with Gasteiger partial charge in [0.1, 0.15) is 5.76 Å². The quantitative estimate of drug-likeness (QED) is 0.637. The average molecular weight is 382 g/mol. The van der Waals surface area contributed by atoms with E-state index < -0.39 is 0 Å². The highest BCUT2D eigenvalue weighted by molar-refractivity contribution is 5.81. The van der Waals surface area contributed by atoms with Crippen molar-refractivity contribution in [3.8, 4) is 0 Å². The van der Waals surface area contributed by atoms with E-state index >= 15 is 0 Å². The van der Waals surface area contributed by atoms with Gasteiger partial charge in [0.2, 0.25) is 0 Å². The van der Waals surface area contributed by atoms with Crippen LogP contribution in [0.25, 0.3) is 0 Å². The molecule has 1 N–H and O–H groups in total. The molecule has 0 radical (unpaired) electrons. The van der Waals surface area contributed by atoms with E-state index in [1.165, 1.54) is 17.5 Å². The van der Waals surface area contributed by atoms with Crippen LogP contribution < -0.4 is 5.32 Å². The van der Waals surface area contributed by atoms with Crippen molar-refractivity contribution in [1.29, 1.82) is 0 Å².